The molecule has 0 atom stereocenters. The van der Waals surface area contributed by atoms with Gasteiger partial charge in [0.1, 0.15) is 5.75 Å². The Morgan fingerprint density at radius 1 is 1.00 bits per heavy atom. The molecule has 2 heterocycles. The fraction of sp³-hybridized carbons (Fsp3) is 0.174. The van der Waals surface area contributed by atoms with Crippen molar-refractivity contribution in [3.05, 3.63) is 77.6 Å². The average Bonchev–Trinajstić information content (AvgIpc) is 3.05. The summed E-state index contributed by atoms with van der Waals surface area (Å²) >= 11 is 0. The van der Waals surface area contributed by atoms with Crippen LogP contribution in [0.5, 0.6) is 11.8 Å². The van der Waals surface area contributed by atoms with Gasteiger partial charge in [-0.15, -0.1) is 0 Å². The predicted molar refractivity (Wildman–Crippen MR) is 115 cm³/mol. The molecule has 3 amide bonds. The summed E-state index contributed by atoms with van der Waals surface area (Å²) in [5, 5.41) is 2.77. The van der Waals surface area contributed by atoms with Gasteiger partial charge in [-0.05, 0) is 55.0 Å². The van der Waals surface area contributed by atoms with Crippen LogP contribution < -0.4 is 10.1 Å². The molecule has 0 bridgehead atoms. The molecule has 1 aromatic heterocycles. The third kappa shape index (κ3) is 4.47. The van der Waals surface area contributed by atoms with Crippen LogP contribution in [0, 0.1) is 0 Å². The molecule has 0 radical (unpaired) electrons. The quantitative estimate of drug-likeness (QED) is 0.430. The van der Waals surface area contributed by atoms with Crippen LogP contribution in [0.1, 0.15) is 37.5 Å². The summed E-state index contributed by atoms with van der Waals surface area (Å²) in [6.07, 6.45) is 3.70. The van der Waals surface area contributed by atoms with Crippen LogP contribution in [0.2, 0.25) is 0 Å². The fourth-order valence-electron chi connectivity index (χ4n) is 3.26. The van der Waals surface area contributed by atoms with E-state index in [1.807, 2.05) is 0 Å². The number of anilines is 1. The standard InChI is InChI=1S/C23H20N4O5/c1-31-13-3-12-27-21(29)18-9-4-15(14-19(18)22(27)30)20(28)26-16-5-7-17(8-6-16)32-23-24-10-2-11-25-23/h2,4-11,14H,3,12-13H2,1H3,(H,26,28). The van der Waals surface area contributed by atoms with Crippen LogP contribution in [-0.4, -0.2) is 52.9 Å². The topological polar surface area (TPSA) is 111 Å². The number of carbonyl (C=O) groups is 3. The lowest BCUT2D eigenvalue weighted by Crippen LogP contribution is -2.31. The van der Waals surface area contributed by atoms with E-state index in [0.717, 1.165) is 0 Å². The molecule has 0 aliphatic carbocycles. The molecular weight excluding hydrogens is 412 g/mol. The van der Waals surface area contributed by atoms with Gasteiger partial charge < -0.3 is 14.8 Å². The summed E-state index contributed by atoms with van der Waals surface area (Å²) < 4.78 is 10.5. The number of rotatable bonds is 8. The Balaban J connectivity index is 1.43. The molecule has 2 aromatic carbocycles. The third-order valence-electron chi connectivity index (χ3n) is 4.83. The summed E-state index contributed by atoms with van der Waals surface area (Å²) in [5.74, 6) is -0.637. The first kappa shape index (κ1) is 21.1. The van der Waals surface area contributed by atoms with Gasteiger partial charge in [-0.2, -0.15) is 0 Å². The molecule has 4 rings (SSSR count). The Labute approximate surface area is 184 Å². The number of nitrogens with zero attached hydrogens (tertiary/aromatic N) is 3. The zero-order valence-corrected chi connectivity index (χ0v) is 17.3. The fourth-order valence-corrected chi connectivity index (χ4v) is 3.26. The Bertz CT molecular complexity index is 1150. The van der Waals surface area contributed by atoms with Crippen molar-refractivity contribution in [2.75, 3.05) is 25.6 Å². The minimum absolute atomic E-state index is 0.220. The summed E-state index contributed by atoms with van der Waals surface area (Å²) in [6, 6.07) is 13.1. The van der Waals surface area contributed by atoms with Gasteiger partial charge >= 0.3 is 6.01 Å². The van der Waals surface area contributed by atoms with Crippen LogP contribution >= 0.6 is 0 Å². The van der Waals surface area contributed by atoms with E-state index in [1.165, 1.54) is 23.1 Å². The Morgan fingerprint density at radius 3 is 2.44 bits per heavy atom. The van der Waals surface area contributed by atoms with E-state index in [4.69, 9.17) is 9.47 Å². The number of fused-ring (bicyclic) bond motifs is 1. The molecule has 0 spiro atoms. The first-order valence-electron chi connectivity index (χ1n) is 9.92. The number of hydrogen-bond donors (Lipinski definition) is 1. The molecule has 0 saturated heterocycles. The van der Waals surface area contributed by atoms with Gasteiger partial charge in [0.05, 0.1) is 11.1 Å². The SMILES string of the molecule is COCCCN1C(=O)c2ccc(C(=O)Nc3ccc(Oc4ncccn4)cc3)cc2C1=O. The highest BCUT2D eigenvalue weighted by atomic mass is 16.5. The number of imide groups is 1. The number of hydrogen-bond acceptors (Lipinski definition) is 7. The number of amides is 3. The molecule has 0 fully saturated rings. The van der Waals surface area contributed by atoms with Crippen LogP contribution in [-0.2, 0) is 4.74 Å². The van der Waals surface area contributed by atoms with Gasteiger partial charge in [-0.25, -0.2) is 9.97 Å². The first-order valence-corrected chi connectivity index (χ1v) is 9.92. The maximum atomic E-state index is 12.7. The second-order valence-electron chi connectivity index (χ2n) is 6.98. The van der Waals surface area contributed by atoms with Gasteiger partial charge in [0, 0.05) is 43.9 Å². The van der Waals surface area contributed by atoms with Crippen molar-refractivity contribution in [3.8, 4) is 11.8 Å². The third-order valence-corrected chi connectivity index (χ3v) is 4.83. The molecule has 162 valence electrons. The first-order chi connectivity index (χ1) is 15.6. The van der Waals surface area contributed by atoms with E-state index in [1.54, 1.807) is 49.8 Å². The van der Waals surface area contributed by atoms with Crippen LogP contribution in [0.15, 0.2) is 60.9 Å². The molecular formula is C23H20N4O5. The van der Waals surface area contributed by atoms with Crippen molar-refractivity contribution >= 4 is 23.4 Å². The second kappa shape index (κ2) is 9.36. The largest absolute Gasteiger partial charge is 0.424 e. The Kier molecular flexibility index (Phi) is 6.18. The van der Waals surface area contributed by atoms with E-state index < -0.39 is 11.8 Å². The number of aromatic nitrogens is 2. The lowest BCUT2D eigenvalue weighted by Gasteiger charge is -2.12. The summed E-state index contributed by atoms with van der Waals surface area (Å²) in [6.45, 7) is 0.716. The maximum Gasteiger partial charge on any atom is 0.321 e. The molecule has 1 N–H and O–H groups in total. The Hall–Kier alpha value is -4.11. The van der Waals surface area contributed by atoms with E-state index in [2.05, 4.69) is 15.3 Å². The molecule has 1 aliphatic rings. The average molecular weight is 432 g/mol. The molecule has 0 saturated carbocycles. The lowest BCUT2D eigenvalue weighted by atomic mass is 10.1. The molecule has 9 nitrogen and oxygen atoms in total. The van der Waals surface area contributed by atoms with Gasteiger partial charge in [-0.1, -0.05) is 0 Å². The van der Waals surface area contributed by atoms with Gasteiger partial charge in [-0.3, -0.25) is 19.3 Å². The number of methoxy groups -OCH3 is 1. The van der Waals surface area contributed by atoms with Crippen LogP contribution in [0.4, 0.5) is 5.69 Å². The summed E-state index contributed by atoms with van der Waals surface area (Å²) in [7, 11) is 1.56. The van der Waals surface area contributed by atoms with E-state index in [9.17, 15) is 14.4 Å². The highest BCUT2D eigenvalue weighted by Crippen LogP contribution is 2.25. The molecule has 9 heteroatoms. The van der Waals surface area contributed by atoms with Crippen molar-refractivity contribution < 1.29 is 23.9 Å². The molecule has 0 unspecified atom stereocenters. The zero-order valence-electron chi connectivity index (χ0n) is 17.3. The maximum absolute atomic E-state index is 12.7. The number of nitrogens with one attached hydrogen (secondary N) is 1. The zero-order chi connectivity index (χ0) is 22.5. The predicted octanol–water partition coefficient (Wildman–Crippen LogP) is 3.15. The van der Waals surface area contributed by atoms with Crippen molar-refractivity contribution in [1.29, 1.82) is 0 Å². The minimum Gasteiger partial charge on any atom is -0.424 e. The van der Waals surface area contributed by atoms with Crippen molar-refractivity contribution in [1.82, 2.24) is 14.9 Å². The van der Waals surface area contributed by atoms with Crippen LogP contribution in [0.25, 0.3) is 0 Å². The lowest BCUT2D eigenvalue weighted by molar-refractivity contribution is 0.0638. The normalized spacial score (nSPS) is 12.6. The minimum atomic E-state index is -0.402. The Morgan fingerprint density at radius 2 is 1.72 bits per heavy atom. The van der Waals surface area contributed by atoms with Crippen molar-refractivity contribution in [2.45, 2.75) is 6.42 Å². The summed E-state index contributed by atoms with van der Waals surface area (Å²) in [5.41, 5.74) is 1.35. The molecule has 32 heavy (non-hydrogen) atoms. The van der Waals surface area contributed by atoms with Crippen LogP contribution in [0.3, 0.4) is 0 Å². The number of benzene rings is 2. The highest BCUT2D eigenvalue weighted by molar-refractivity contribution is 6.22. The van der Waals surface area contributed by atoms with Crippen molar-refractivity contribution in [2.24, 2.45) is 0 Å². The van der Waals surface area contributed by atoms with E-state index in [0.29, 0.717) is 30.0 Å². The van der Waals surface area contributed by atoms with E-state index in [-0.39, 0.29) is 29.6 Å². The van der Waals surface area contributed by atoms with Gasteiger partial charge in [0.25, 0.3) is 17.7 Å². The summed E-state index contributed by atoms with van der Waals surface area (Å²) in [4.78, 5) is 46.9. The number of carbonyl (C=O) groups excluding carboxylic acids is 3. The number of ether oxygens (including phenoxy) is 2. The monoisotopic (exact) mass is 432 g/mol. The van der Waals surface area contributed by atoms with Crippen molar-refractivity contribution in [3.63, 3.8) is 0 Å². The van der Waals surface area contributed by atoms with Gasteiger partial charge in [0.2, 0.25) is 0 Å². The van der Waals surface area contributed by atoms with Gasteiger partial charge in [0.15, 0.2) is 0 Å². The second-order valence-corrected chi connectivity index (χ2v) is 6.98. The smallest absolute Gasteiger partial charge is 0.321 e. The highest BCUT2D eigenvalue weighted by Gasteiger charge is 2.35. The van der Waals surface area contributed by atoms with E-state index >= 15 is 0 Å². The molecule has 3 aromatic rings. The molecule has 1 aliphatic heterocycles.